The maximum atomic E-state index is 12.9. The molecule has 0 N–H and O–H groups in total. The first-order valence-corrected chi connectivity index (χ1v) is 11.4. The van der Waals surface area contributed by atoms with Gasteiger partial charge in [0.2, 0.25) is 0 Å². The molecule has 0 aromatic carbocycles. The fraction of sp³-hybridized carbons (Fsp3) is 0.833. The third kappa shape index (κ3) is 3.89. The van der Waals surface area contributed by atoms with Gasteiger partial charge >= 0.3 is 11.9 Å². The fourth-order valence-corrected chi connectivity index (χ4v) is 6.83. The van der Waals surface area contributed by atoms with Gasteiger partial charge in [0.15, 0.2) is 0 Å². The summed E-state index contributed by atoms with van der Waals surface area (Å²) in [5.74, 6) is 2.82. The van der Waals surface area contributed by atoms with Crippen LogP contribution >= 0.6 is 0 Å². The van der Waals surface area contributed by atoms with E-state index in [-0.39, 0.29) is 24.0 Å². The number of allylic oxidation sites excluding steroid dienone is 2. The maximum Gasteiger partial charge on any atom is 0.310 e. The first-order chi connectivity index (χ1) is 13.3. The van der Waals surface area contributed by atoms with Crippen LogP contribution in [0.2, 0.25) is 0 Å². The second-order valence-electron chi connectivity index (χ2n) is 10.3. The van der Waals surface area contributed by atoms with Crippen molar-refractivity contribution in [1.29, 1.82) is 0 Å². The molecule has 7 atom stereocenters. The summed E-state index contributed by atoms with van der Waals surface area (Å²) in [6.07, 6.45) is 14.7. The van der Waals surface area contributed by atoms with Gasteiger partial charge in [-0.1, -0.05) is 19.1 Å². The Bertz CT molecular complexity index is 655. The van der Waals surface area contributed by atoms with Crippen molar-refractivity contribution in [1.82, 2.24) is 0 Å². The number of esters is 2. The van der Waals surface area contributed by atoms with Crippen LogP contribution in [0, 0.1) is 29.6 Å². The number of hydrogen-bond acceptors (Lipinski definition) is 4. The highest BCUT2D eigenvalue weighted by molar-refractivity contribution is 5.73. The zero-order valence-electron chi connectivity index (χ0n) is 17.7. The van der Waals surface area contributed by atoms with Gasteiger partial charge in [-0.25, -0.2) is 0 Å². The Balaban J connectivity index is 1.37. The topological polar surface area (TPSA) is 52.6 Å². The summed E-state index contributed by atoms with van der Waals surface area (Å²) >= 11 is 0. The summed E-state index contributed by atoms with van der Waals surface area (Å²) < 4.78 is 11.8. The first-order valence-electron chi connectivity index (χ1n) is 11.4. The molecule has 7 unspecified atom stereocenters. The molecular formula is C24H36O4. The summed E-state index contributed by atoms with van der Waals surface area (Å²) in [5, 5.41) is 0. The Hall–Kier alpha value is -1.32. The Morgan fingerprint density at radius 3 is 2.54 bits per heavy atom. The van der Waals surface area contributed by atoms with Gasteiger partial charge in [0, 0.05) is 6.92 Å². The van der Waals surface area contributed by atoms with Crippen LogP contribution in [0.5, 0.6) is 0 Å². The van der Waals surface area contributed by atoms with E-state index >= 15 is 0 Å². The lowest BCUT2D eigenvalue weighted by molar-refractivity contribution is -0.177. The molecule has 0 spiro atoms. The number of fused-ring (bicyclic) bond motifs is 4. The van der Waals surface area contributed by atoms with E-state index in [0.29, 0.717) is 17.8 Å². The summed E-state index contributed by atoms with van der Waals surface area (Å²) in [4.78, 5) is 24.7. The van der Waals surface area contributed by atoms with E-state index in [1.165, 1.54) is 39.0 Å². The van der Waals surface area contributed by atoms with Gasteiger partial charge < -0.3 is 9.47 Å². The SMILES string of the molecule is CCC1(OC(=O)CC(C)(CCC2CC3C=CC2C3)OC(C)=O)CC2CCC1C2. The van der Waals surface area contributed by atoms with E-state index in [1.807, 2.05) is 6.92 Å². The van der Waals surface area contributed by atoms with Crippen LogP contribution in [-0.4, -0.2) is 23.1 Å². The van der Waals surface area contributed by atoms with E-state index < -0.39 is 5.60 Å². The van der Waals surface area contributed by atoms with Crippen LogP contribution in [0.25, 0.3) is 0 Å². The molecule has 0 radical (unpaired) electrons. The standard InChI is InChI=1S/C24H36O4/c1-4-24(14-18-6-8-21(24)13-18)28-22(26)15-23(3,27-16(2)25)10-9-20-12-17-5-7-19(20)11-17/h5,7,17-21H,4,6,8-15H2,1-3H3. The molecule has 3 fully saturated rings. The molecule has 3 saturated carbocycles. The number of rotatable bonds is 8. The predicted octanol–water partition coefficient (Wildman–Crippen LogP) is 5.20. The first kappa shape index (κ1) is 20.0. The van der Waals surface area contributed by atoms with Crippen molar-refractivity contribution in [2.45, 2.75) is 96.2 Å². The molecule has 4 heteroatoms. The van der Waals surface area contributed by atoms with Gasteiger partial charge in [0.05, 0.1) is 6.42 Å². The van der Waals surface area contributed by atoms with Gasteiger partial charge in [0.1, 0.15) is 11.2 Å². The van der Waals surface area contributed by atoms with Crippen molar-refractivity contribution in [3.8, 4) is 0 Å². The Morgan fingerprint density at radius 1 is 1.18 bits per heavy atom. The molecule has 0 aliphatic heterocycles. The van der Waals surface area contributed by atoms with Crippen LogP contribution in [-0.2, 0) is 19.1 Å². The normalized spacial score (nSPS) is 39.9. The number of carbonyl (C=O) groups is 2. The zero-order valence-corrected chi connectivity index (χ0v) is 17.7. The minimum absolute atomic E-state index is 0.169. The fourth-order valence-electron chi connectivity index (χ4n) is 6.83. The quantitative estimate of drug-likeness (QED) is 0.423. The number of carbonyl (C=O) groups excluding carboxylic acids is 2. The van der Waals surface area contributed by atoms with Crippen LogP contribution in [0.3, 0.4) is 0 Å². The van der Waals surface area contributed by atoms with Crippen molar-refractivity contribution in [3.05, 3.63) is 12.2 Å². The highest BCUT2D eigenvalue weighted by Crippen LogP contribution is 2.54. The van der Waals surface area contributed by atoms with Gasteiger partial charge in [-0.05, 0) is 94.3 Å². The molecule has 4 rings (SSSR count). The van der Waals surface area contributed by atoms with Crippen LogP contribution in [0.15, 0.2) is 12.2 Å². The van der Waals surface area contributed by atoms with E-state index in [9.17, 15) is 9.59 Å². The van der Waals surface area contributed by atoms with Crippen LogP contribution in [0.1, 0.15) is 85.0 Å². The van der Waals surface area contributed by atoms with Crippen LogP contribution < -0.4 is 0 Å². The summed E-state index contributed by atoms with van der Waals surface area (Å²) in [6, 6.07) is 0. The zero-order chi connectivity index (χ0) is 19.9. The van der Waals surface area contributed by atoms with Crippen molar-refractivity contribution in [3.63, 3.8) is 0 Å². The third-order valence-corrected chi connectivity index (χ3v) is 8.20. The molecule has 0 aromatic heterocycles. The molecule has 4 aliphatic rings. The van der Waals surface area contributed by atoms with E-state index in [0.717, 1.165) is 37.5 Å². The molecule has 4 aliphatic carbocycles. The second-order valence-corrected chi connectivity index (χ2v) is 10.3. The molecule has 0 aromatic rings. The van der Waals surface area contributed by atoms with E-state index in [2.05, 4.69) is 19.1 Å². The average molecular weight is 389 g/mol. The Morgan fingerprint density at radius 2 is 2.00 bits per heavy atom. The predicted molar refractivity (Wildman–Crippen MR) is 107 cm³/mol. The Labute approximate surface area is 169 Å². The Kier molecular flexibility index (Phi) is 5.35. The summed E-state index contributed by atoms with van der Waals surface area (Å²) in [6.45, 7) is 5.49. The lowest BCUT2D eigenvalue weighted by Crippen LogP contribution is -2.42. The number of hydrogen-bond donors (Lipinski definition) is 0. The van der Waals surface area contributed by atoms with Crippen molar-refractivity contribution in [2.24, 2.45) is 29.6 Å². The lowest BCUT2D eigenvalue weighted by atomic mass is 9.81. The van der Waals surface area contributed by atoms with Gasteiger partial charge in [-0.2, -0.15) is 0 Å². The van der Waals surface area contributed by atoms with Crippen LogP contribution in [0.4, 0.5) is 0 Å². The van der Waals surface area contributed by atoms with E-state index in [4.69, 9.17) is 9.47 Å². The number of ether oxygens (including phenoxy) is 2. The molecule has 4 nitrogen and oxygen atoms in total. The lowest BCUT2D eigenvalue weighted by Gasteiger charge is -2.38. The largest absolute Gasteiger partial charge is 0.459 e. The van der Waals surface area contributed by atoms with Gasteiger partial charge in [0.25, 0.3) is 0 Å². The molecule has 156 valence electrons. The van der Waals surface area contributed by atoms with Crippen molar-refractivity contribution < 1.29 is 19.1 Å². The van der Waals surface area contributed by atoms with Gasteiger partial charge in [-0.15, -0.1) is 0 Å². The molecular weight excluding hydrogens is 352 g/mol. The van der Waals surface area contributed by atoms with Gasteiger partial charge in [-0.3, -0.25) is 9.59 Å². The monoisotopic (exact) mass is 388 g/mol. The van der Waals surface area contributed by atoms with Crippen molar-refractivity contribution in [2.75, 3.05) is 0 Å². The van der Waals surface area contributed by atoms with Crippen molar-refractivity contribution >= 4 is 11.9 Å². The highest BCUT2D eigenvalue weighted by Gasteiger charge is 2.53. The molecule has 0 amide bonds. The van der Waals surface area contributed by atoms with E-state index in [1.54, 1.807) is 0 Å². The molecule has 0 heterocycles. The minimum Gasteiger partial charge on any atom is -0.459 e. The molecule has 4 bridgehead atoms. The summed E-state index contributed by atoms with van der Waals surface area (Å²) in [7, 11) is 0. The molecule has 0 saturated heterocycles. The third-order valence-electron chi connectivity index (χ3n) is 8.20. The minimum atomic E-state index is -0.763. The highest BCUT2D eigenvalue weighted by atomic mass is 16.6. The maximum absolute atomic E-state index is 12.9. The average Bonchev–Trinajstić information content (AvgIpc) is 3.39. The molecule has 28 heavy (non-hydrogen) atoms. The second kappa shape index (κ2) is 7.50. The summed E-state index contributed by atoms with van der Waals surface area (Å²) in [5.41, 5.74) is -1.03. The smallest absolute Gasteiger partial charge is 0.310 e.